The third-order valence-corrected chi connectivity index (χ3v) is 3.06. The van der Waals surface area contributed by atoms with Crippen LogP contribution in [0.25, 0.3) is 0 Å². The number of anilines is 1. The molecule has 0 amide bonds. The Kier molecular flexibility index (Phi) is 5.11. The van der Waals surface area contributed by atoms with Gasteiger partial charge in [-0.25, -0.2) is 8.78 Å². The first-order chi connectivity index (χ1) is 10.1. The summed E-state index contributed by atoms with van der Waals surface area (Å²) in [7, 11) is 0. The summed E-state index contributed by atoms with van der Waals surface area (Å²) in [5, 5.41) is 12.8. The maximum absolute atomic E-state index is 13.3. The molecular formula is C16H17F2NO2. The van der Waals surface area contributed by atoms with E-state index in [2.05, 4.69) is 5.32 Å². The fraction of sp³-hybridized carbons (Fsp3) is 0.250. The van der Waals surface area contributed by atoms with Gasteiger partial charge in [-0.05, 0) is 31.2 Å². The molecule has 0 bridgehead atoms. The number of aliphatic hydroxyl groups is 1. The van der Waals surface area contributed by atoms with Crippen molar-refractivity contribution in [3.8, 4) is 5.75 Å². The second-order valence-corrected chi connectivity index (χ2v) is 4.69. The third kappa shape index (κ3) is 4.16. The molecule has 5 heteroatoms. The lowest BCUT2D eigenvalue weighted by Gasteiger charge is -2.15. The van der Waals surface area contributed by atoms with Crippen molar-refractivity contribution in [3.05, 3.63) is 59.7 Å². The van der Waals surface area contributed by atoms with Crippen LogP contribution in [0.15, 0.2) is 42.5 Å². The van der Waals surface area contributed by atoms with E-state index in [1.165, 1.54) is 18.2 Å². The number of hydrogen-bond acceptors (Lipinski definition) is 3. The molecule has 3 nitrogen and oxygen atoms in total. The molecule has 2 aromatic rings. The third-order valence-electron chi connectivity index (χ3n) is 3.06. The van der Waals surface area contributed by atoms with Crippen molar-refractivity contribution in [1.82, 2.24) is 0 Å². The van der Waals surface area contributed by atoms with Crippen molar-refractivity contribution >= 4 is 5.69 Å². The van der Waals surface area contributed by atoms with Gasteiger partial charge in [-0.3, -0.25) is 0 Å². The highest BCUT2D eigenvalue weighted by Gasteiger charge is 2.09. The largest absolute Gasteiger partial charge is 0.488 e. The molecule has 1 atom stereocenters. The number of rotatable bonds is 6. The van der Waals surface area contributed by atoms with E-state index >= 15 is 0 Å². The standard InChI is InChI=1S/C16H17F2NO2/c1-11-13(17)6-4-7-15(11)19-9-12(20)10-21-16-8-3-2-5-14(16)18/h2-8,12,19-20H,9-10H2,1H3. The van der Waals surface area contributed by atoms with Gasteiger partial charge in [-0.1, -0.05) is 18.2 Å². The molecule has 0 heterocycles. The van der Waals surface area contributed by atoms with Gasteiger partial charge < -0.3 is 15.2 Å². The predicted molar refractivity (Wildman–Crippen MR) is 77.5 cm³/mol. The summed E-state index contributed by atoms with van der Waals surface area (Å²) in [6.07, 6.45) is -0.840. The Labute approximate surface area is 122 Å². The first-order valence-corrected chi connectivity index (χ1v) is 6.62. The zero-order chi connectivity index (χ0) is 15.2. The highest BCUT2D eigenvalue weighted by Crippen LogP contribution is 2.18. The van der Waals surface area contributed by atoms with E-state index in [0.29, 0.717) is 11.3 Å². The van der Waals surface area contributed by atoms with Crippen molar-refractivity contribution in [2.45, 2.75) is 13.0 Å². The summed E-state index contributed by atoms with van der Waals surface area (Å²) < 4.78 is 31.9. The van der Waals surface area contributed by atoms with Crippen molar-refractivity contribution in [2.75, 3.05) is 18.5 Å². The Morgan fingerprint density at radius 3 is 2.57 bits per heavy atom. The summed E-state index contributed by atoms with van der Waals surface area (Å²) in [6, 6.07) is 10.7. The number of benzene rings is 2. The number of halogens is 2. The molecule has 2 N–H and O–H groups in total. The lowest BCUT2D eigenvalue weighted by Crippen LogP contribution is -2.26. The predicted octanol–water partition coefficient (Wildman–Crippen LogP) is 3.13. The van der Waals surface area contributed by atoms with Gasteiger partial charge in [0.25, 0.3) is 0 Å². The molecule has 0 aliphatic rings. The van der Waals surface area contributed by atoms with Crippen molar-refractivity contribution < 1.29 is 18.6 Å². The molecule has 0 fully saturated rings. The minimum absolute atomic E-state index is 0.0533. The normalized spacial score (nSPS) is 12.0. The van der Waals surface area contributed by atoms with E-state index in [4.69, 9.17) is 4.74 Å². The number of ether oxygens (including phenoxy) is 1. The number of nitrogens with one attached hydrogen (secondary N) is 1. The molecule has 0 spiro atoms. The second-order valence-electron chi connectivity index (χ2n) is 4.69. The monoisotopic (exact) mass is 293 g/mol. The number of aliphatic hydroxyl groups excluding tert-OH is 1. The van der Waals surface area contributed by atoms with Crippen LogP contribution in [-0.4, -0.2) is 24.4 Å². The van der Waals surface area contributed by atoms with Crippen LogP contribution in [0.2, 0.25) is 0 Å². The highest BCUT2D eigenvalue weighted by atomic mass is 19.1. The van der Waals surface area contributed by atoms with Crippen LogP contribution in [0.5, 0.6) is 5.75 Å². The molecule has 1 unspecified atom stereocenters. The van der Waals surface area contributed by atoms with Crippen LogP contribution in [0, 0.1) is 18.6 Å². The average molecular weight is 293 g/mol. The Hall–Kier alpha value is -2.14. The van der Waals surface area contributed by atoms with E-state index < -0.39 is 11.9 Å². The molecule has 0 saturated heterocycles. The molecular weight excluding hydrogens is 276 g/mol. The summed E-state index contributed by atoms with van der Waals surface area (Å²) in [6.45, 7) is 1.78. The summed E-state index contributed by atoms with van der Waals surface area (Å²) >= 11 is 0. The van der Waals surface area contributed by atoms with E-state index in [9.17, 15) is 13.9 Å². The fourth-order valence-electron chi connectivity index (χ4n) is 1.83. The topological polar surface area (TPSA) is 41.5 Å². The van der Waals surface area contributed by atoms with Gasteiger partial charge in [0.1, 0.15) is 18.5 Å². The van der Waals surface area contributed by atoms with Crippen molar-refractivity contribution in [1.29, 1.82) is 0 Å². The molecule has 112 valence electrons. The van der Waals surface area contributed by atoms with Gasteiger partial charge in [0.2, 0.25) is 0 Å². The average Bonchev–Trinajstić information content (AvgIpc) is 2.48. The molecule has 0 saturated carbocycles. The zero-order valence-electron chi connectivity index (χ0n) is 11.6. The molecule has 2 aromatic carbocycles. The maximum atomic E-state index is 13.3. The van der Waals surface area contributed by atoms with Gasteiger partial charge >= 0.3 is 0 Å². The Morgan fingerprint density at radius 2 is 1.81 bits per heavy atom. The van der Waals surface area contributed by atoms with Gasteiger partial charge in [-0.2, -0.15) is 0 Å². The zero-order valence-corrected chi connectivity index (χ0v) is 11.6. The SMILES string of the molecule is Cc1c(F)cccc1NCC(O)COc1ccccc1F. The van der Waals surface area contributed by atoms with Gasteiger partial charge in [0, 0.05) is 17.8 Å². The van der Waals surface area contributed by atoms with Gasteiger partial charge in [0.05, 0.1) is 0 Å². The molecule has 2 rings (SSSR count). The van der Waals surface area contributed by atoms with Crippen LogP contribution in [0.1, 0.15) is 5.56 Å². The maximum Gasteiger partial charge on any atom is 0.165 e. The van der Waals surface area contributed by atoms with E-state index in [1.54, 1.807) is 31.2 Å². The Bertz CT molecular complexity index is 605. The first kappa shape index (κ1) is 15.3. The fourth-order valence-corrected chi connectivity index (χ4v) is 1.83. The quantitative estimate of drug-likeness (QED) is 0.860. The van der Waals surface area contributed by atoms with E-state index in [-0.39, 0.29) is 24.7 Å². The lowest BCUT2D eigenvalue weighted by atomic mass is 10.2. The smallest absolute Gasteiger partial charge is 0.165 e. The van der Waals surface area contributed by atoms with Crippen molar-refractivity contribution in [2.24, 2.45) is 0 Å². The molecule has 0 aliphatic carbocycles. The molecule has 21 heavy (non-hydrogen) atoms. The second kappa shape index (κ2) is 7.04. The summed E-state index contributed by atoms with van der Waals surface area (Å²) in [5.41, 5.74) is 1.10. The van der Waals surface area contributed by atoms with Crippen LogP contribution in [0.4, 0.5) is 14.5 Å². The Balaban J connectivity index is 1.84. The minimum Gasteiger partial charge on any atom is -0.488 e. The van der Waals surface area contributed by atoms with Crippen molar-refractivity contribution in [3.63, 3.8) is 0 Å². The number of hydrogen-bond donors (Lipinski definition) is 2. The van der Waals surface area contributed by atoms with Crippen LogP contribution in [0.3, 0.4) is 0 Å². The van der Waals surface area contributed by atoms with Gasteiger partial charge in [-0.15, -0.1) is 0 Å². The first-order valence-electron chi connectivity index (χ1n) is 6.62. The number of para-hydroxylation sites is 1. The van der Waals surface area contributed by atoms with Crippen LogP contribution in [-0.2, 0) is 0 Å². The van der Waals surface area contributed by atoms with Crippen LogP contribution >= 0.6 is 0 Å². The molecule has 0 aliphatic heterocycles. The molecule has 0 radical (unpaired) electrons. The van der Waals surface area contributed by atoms with Gasteiger partial charge in [0.15, 0.2) is 11.6 Å². The van der Waals surface area contributed by atoms with Crippen LogP contribution < -0.4 is 10.1 Å². The molecule has 0 aromatic heterocycles. The van der Waals surface area contributed by atoms with E-state index in [1.807, 2.05) is 0 Å². The summed E-state index contributed by atoms with van der Waals surface area (Å²) in [5.74, 6) is -0.686. The Morgan fingerprint density at radius 1 is 1.10 bits per heavy atom. The summed E-state index contributed by atoms with van der Waals surface area (Å²) in [4.78, 5) is 0. The van der Waals surface area contributed by atoms with E-state index in [0.717, 1.165) is 0 Å². The minimum atomic E-state index is -0.840. The highest BCUT2D eigenvalue weighted by molar-refractivity contribution is 5.50. The lowest BCUT2D eigenvalue weighted by molar-refractivity contribution is 0.115.